The summed E-state index contributed by atoms with van der Waals surface area (Å²) in [6.45, 7) is 5.36. The number of carbonyl (C=O) groups excluding carboxylic acids is 2. The normalized spacial score (nSPS) is 17.5. The van der Waals surface area contributed by atoms with Crippen LogP contribution in [0, 0.1) is 5.92 Å². The topological polar surface area (TPSA) is 78.0 Å². The van der Waals surface area contributed by atoms with Gasteiger partial charge in [-0.25, -0.2) is 8.42 Å². The first-order valence-corrected chi connectivity index (χ1v) is 13.0. The van der Waals surface area contributed by atoms with E-state index in [1.54, 1.807) is 28.0 Å². The second-order valence-corrected chi connectivity index (χ2v) is 10.6. The average molecular weight is 470 g/mol. The summed E-state index contributed by atoms with van der Waals surface area (Å²) in [7, 11) is -3.66. The van der Waals surface area contributed by atoms with Crippen molar-refractivity contribution >= 4 is 33.2 Å². The molecule has 33 heavy (non-hydrogen) atoms. The summed E-state index contributed by atoms with van der Waals surface area (Å²) in [6, 6.07) is 14.6. The predicted molar refractivity (Wildman–Crippen MR) is 129 cm³/mol. The molecule has 0 saturated carbocycles. The van der Waals surface area contributed by atoms with Gasteiger partial charge < -0.3 is 9.80 Å². The van der Waals surface area contributed by atoms with Gasteiger partial charge in [-0.2, -0.15) is 4.31 Å². The van der Waals surface area contributed by atoms with Crippen LogP contribution in [0.15, 0.2) is 53.4 Å². The molecule has 0 atom stereocenters. The highest BCUT2D eigenvalue weighted by Gasteiger charge is 2.34. The molecule has 4 rings (SSSR count). The van der Waals surface area contributed by atoms with Crippen molar-refractivity contribution in [3.05, 3.63) is 54.1 Å². The van der Waals surface area contributed by atoms with Gasteiger partial charge in [0.2, 0.25) is 21.8 Å². The summed E-state index contributed by atoms with van der Waals surface area (Å²) in [5, 5.41) is 0. The Morgan fingerprint density at radius 2 is 1.73 bits per heavy atom. The highest BCUT2D eigenvalue weighted by atomic mass is 32.2. The minimum absolute atomic E-state index is 0.0325. The van der Waals surface area contributed by atoms with E-state index in [0.717, 1.165) is 29.8 Å². The Balaban J connectivity index is 1.46. The number of fused-ring (bicyclic) bond motifs is 1. The molecule has 2 aliphatic rings. The lowest BCUT2D eigenvalue weighted by molar-refractivity contribution is -0.123. The molecular formula is C25H31N3O4S. The Hall–Kier alpha value is -2.71. The van der Waals surface area contributed by atoms with Gasteiger partial charge in [0.25, 0.3) is 0 Å². The van der Waals surface area contributed by atoms with E-state index in [1.807, 2.05) is 37.3 Å². The second-order valence-electron chi connectivity index (χ2n) is 8.66. The molecule has 2 amide bonds. The number of anilines is 2. The molecule has 8 heteroatoms. The van der Waals surface area contributed by atoms with Crippen molar-refractivity contribution in [1.29, 1.82) is 0 Å². The number of hydrogen-bond donors (Lipinski definition) is 0. The van der Waals surface area contributed by atoms with Crippen molar-refractivity contribution in [3.8, 4) is 0 Å². The third-order valence-corrected chi connectivity index (χ3v) is 8.54. The van der Waals surface area contributed by atoms with Gasteiger partial charge in [0, 0.05) is 50.4 Å². The number of piperidine rings is 1. The summed E-state index contributed by atoms with van der Waals surface area (Å²) in [5.74, 6) is -0.168. The first kappa shape index (κ1) is 23.4. The Morgan fingerprint density at radius 3 is 2.36 bits per heavy atom. The molecular weight excluding hydrogens is 438 g/mol. The van der Waals surface area contributed by atoms with Crippen LogP contribution in [0.3, 0.4) is 0 Å². The number of para-hydroxylation sites is 1. The van der Waals surface area contributed by atoms with Crippen LogP contribution in [-0.4, -0.2) is 50.7 Å². The maximum Gasteiger partial charge on any atom is 0.243 e. The van der Waals surface area contributed by atoms with E-state index in [1.165, 1.54) is 11.2 Å². The van der Waals surface area contributed by atoms with Crippen LogP contribution < -0.4 is 9.80 Å². The highest BCUT2D eigenvalue weighted by Crippen LogP contribution is 2.32. The van der Waals surface area contributed by atoms with Crippen LogP contribution in [0.1, 0.15) is 38.7 Å². The van der Waals surface area contributed by atoms with Gasteiger partial charge >= 0.3 is 0 Å². The molecule has 0 radical (unpaired) electrons. The van der Waals surface area contributed by atoms with Gasteiger partial charge in [0.1, 0.15) is 0 Å². The number of aryl methyl sites for hydroxylation is 1. The zero-order chi connectivity index (χ0) is 23.6. The highest BCUT2D eigenvalue weighted by molar-refractivity contribution is 7.89. The van der Waals surface area contributed by atoms with E-state index in [9.17, 15) is 18.0 Å². The van der Waals surface area contributed by atoms with Crippen LogP contribution in [0.4, 0.5) is 11.4 Å². The second kappa shape index (κ2) is 9.65. The summed E-state index contributed by atoms with van der Waals surface area (Å²) in [5.41, 5.74) is 2.57. The predicted octanol–water partition coefficient (Wildman–Crippen LogP) is 3.44. The molecule has 2 aromatic rings. The quantitative estimate of drug-likeness (QED) is 0.672. The molecule has 176 valence electrons. The number of hydrogen-bond acceptors (Lipinski definition) is 4. The SMILES string of the molecule is CCN(C(=O)C1CCN(S(=O)(=O)c2ccc3c(c2)CCCN3C(C)=O)CC1)c1ccccc1. The molecule has 0 aliphatic carbocycles. The fourth-order valence-electron chi connectivity index (χ4n) is 4.85. The molecule has 2 heterocycles. The maximum atomic E-state index is 13.3. The largest absolute Gasteiger partial charge is 0.312 e. The number of nitrogens with zero attached hydrogens (tertiary/aromatic N) is 3. The van der Waals surface area contributed by atoms with Crippen molar-refractivity contribution in [2.24, 2.45) is 5.92 Å². The van der Waals surface area contributed by atoms with Crippen LogP contribution in [0.2, 0.25) is 0 Å². The first-order chi connectivity index (χ1) is 15.8. The molecule has 0 bridgehead atoms. The zero-order valence-electron chi connectivity index (χ0n) is 19.2. The van der Waals surface area contributed by atoms with E-state index in [2.05, 4.69) is 0 Å². The summed E-state index contributed by atoms with van der Waals surface area (Å²) in [6.07, 6.45) is 2.58. The molecule has 2 aliphatic heterocycles. The van der Waals surface area contributed by atoms with Crippen molar-refractivity contribution in [2.45, 2.75) is 44.4 Å². The van der Waals surface area contributed by atoms with Crippen molar-refractivity contribution < 1.29 is 18.0 Å². The Morgan fingerprint density at radius 1 is 1.03 bits per heavy atom. The number of benzene rings is 2. The van der Waals surface area contributed by atoms with Crippen LogP contribution in [0.5, 0.6) is 0 Å². The number of amides is 2. The lowest BCUT2D eigenvalue weighted by atomic mass is 9.96. The molecule has 7 nitrogen and oxygen atoms in total. The summed E-state index contributed by atoms with van der Waals surface area (Å²) >= 11 is 0. The standard InChI is InChI=1S/C25H31N3O4S/c1-3-27(22-9-5-4-6-10-22)25(30)20-13-16-26(17-14-20)33(31,32)23-11-12-24-21(18-23)8-7-15-28(24)19(2)29/h4-6,9-12,18,20H,3,7-8,13-17H2,1-2H3. The van der Waals surface area contributed by atoms with Gasteiger partial charge in [-0.15, -0.1) is 0 Å². The summed E-state index contributed by atoms with van der Waals surface area (Å²) < 4.78 is 28.1. The third kappa shape index (κ3) is 4.68. The minimum Gasteiger partial charge on any atom is -0.312 e. The lowest BCUT2D eigenvalue weighted by Gasteiger charge is -2.34. The zero-order valence-corrected chi connectivity index (χ0v) is 20.1. The fourth-order valence-corrected chi connectivity index (χ4v) is 6.37. The minimum atomic E-state index is -3.66. The molecule has 0 N–H and O–H groups in total. The van der Waals surface area contributed by atoms with Crippen LogP contribution in [-0.2, 0) is 26.0 Å². The van der Waals surface area contributed by atoms with Crippen LogP contribution >= 0.6 is 0 Å². The maximum absolute atomic E-state index is 13.3. The van der Waals surface area contributed by atoms with E-state index in [0.29, 0.717) is 39.0 Å². The number of sulfonamides is 1. The van der Waals surface area contributed by atoms with Gasteiger partial charge in [-0.3, -0.25) is 9.59 Å². The van der Waals surface area contributed by atoms with Crippen LogP contribution in [0.25, 0.3) is 0 Å². The molecule has 1 fully saturated rings. The molecule has 0 aromatic heterocycles. The van der Waals surface area contributed by atoms with Crippen molar-refractivity contribution in [2.75, 3.05) is 36.0 Å². The molecule has 0 spiro atoms. The molecule has 1 saturated heterocycles. The fraction of sp³-hybridized carbons (Fsp3) is 0.440. The van der Waals surface area contributed by atoms with E-state index < -0.39 is 10.0 Å². The number of rotatable bonds is 5. The monoisotopic (exact) mass is 469 g/mol. The Labute approximate surface area is 196 Å². The third-order valence-electron chi connectivity index (χ3n) is 6.64. The number of carbonyl (C=O) groups is 2. The van der Waals surface area contributed by atoms with Gasteiger partial charge in [-0.1, -0.05) is 18.2 Å². The van der Waals surface area contributed by atoms with Crippen molar-refractivity contribution in [3.63, 3.8) is 0 Å². The van der Waals surface area contributed by atoms with Gasteiger partial charge in [-0.05, 0) is 68.5 Å². The lowest BCUT2D eigenvalue weighted by Crippen LogP contribution is -2.44. The first-order valence-electron chi connectivity index (χ1n) is 11.6. The smallest absolute Gasteiger partial charge is 0.243 e. The van der Waals surface area contributed by atoms with E-state index in [-0.39, 0.29) is 22.6 Å². The Kier molecular flexibility index (Phi) is 6.86. The summed E-state index contributed by atoms with van der Waals surface area (Å²) in [4.78, 5) is 28.8. The average Bonchev–Trinajstić information content (AvgIpc) is 2.84. The molecule has 2 aromatic carbocycles. The van der Waals surface area contributed by atoms with Gasteiger partial charge in [0.05, 0.1) is 4.90 Å². The molecule has 0 unspecified atom stereocenters. The van der Waals surface area contributed by atoms with E-state index in [4.69, 9.17) is 0 Å². The Bertz CT molecular complexity index is 1130. The van der Waals surface area contributed by atoms with E-state index >= 15 is 0 Å². The van der Waals surface area contributed by atoms with Crippen molar-refractivity contribution in [1.82, 2.24) is 4.31 Å². The van der Waals surface area contributed by atoms with Gasteiger partial charge in [0.15, 0.2) is 0 Å².